The molecule has 4 aliphatic rings. The quantitative estimate of drug-likeness (QED) is 0.739. The maximum absolute atomic E-state index is 5.64. The van der Waals surface area contributed by atoms with E-state index in [0.717, 1.165) is 28.6 Å². The highest BCUT2D eigenvalue weighted by atomic mass is 32.1. The highest BCUT2D eigenvalue weighted by molar-refractivity contribution is 7.80. The second kappa shape index (κ2) is 6.01. The fraction of sp³-hybridized carbons (Fsp3) is 0.667. The Morgan fingerprint density at radius 1 is 1.08 bits per heavy atom. The molecule has 3 heteroatoms. The van der Waals surface area contributed by atoms with Crippen LogP contribution in [-0.4, -0.2) is 11.2 Å². The topological polar surface area (TPSA) is 24.1 Å². The van der Waals surface area contributed by atoms with Gasteiger partial charge in [-0.25, -0.2) is 0 Å². The summed E-state index contributed by atoms with van der Waals surface area (Å²) in [5.74, 6) is 2.96. The van der Waals surface area contributed by atoms with Gasteiger partial charge in [0.1, 0.15) is 0 Å². The Kier molecular flexibility index (Phi) is 4.11. The Hall–Kier alpha value is -1.09. The summed E-state index contributed by atoms with van der Waals surface area (Å²) in [5.41, 5.74) is 4.15. The van der Waals surface area contributed by atoms with Crippen LogP contribution in [0.1, 0.15) is 56.6 Å². The Balaban J connectivity index is 1.42. The molecule has 4 fully saturated rings. The van der Waals surface area contributed by atoms with E-state index in [9.17, 15) is 0 Å². The fourth-order valence-electron chi connectivity index (χ4n) is 6.17. The van der Waals surface area contributed by atoms with Gasteiger partial charge in [0, 0.05) is 11.7 Å². The van der Waals surface area contributed by atoms with Crippen LogP contribution >= 0.6 is 12.2 Å². The SMILES string of the molecule is Cc1ccc(NC(=S)NC(C)C23CC4CC(CC(C4)C2)C3)c(C)c1. The summed E-state index contributed by atoms with van der Waals surface area (Å²) in [4.78, 5) is 0. The van der Waals surface area contributed by atoms with E-state index < -0.39 is 0 Å². The zero-order chi connectivity index (χ0) is 16.9. The summed E-state index contributed by atoms with van der Waals surface area (Å²) < 4.78 is 0. The molecular weight excluding hydrogens is 312 g/mol. The van der Waals surface area contributed by atoms with Crippen LogP contribution in [0.15, 0.2) is 18.2 Å². The molecule has 4 saturated carbocycles. The van der Waals surface area contributed by atoms with Gasteiger partial charge in [0.2, 0.25) is 0 Å². The smallest absolute Gasteiger partial charge is 0.171 e. The third-order valence-corrected chi connectivity index (χ3v) is 7.20. The van der Waals surface area contributed by atoms with Crippen LogP contribution < -0.4 is 10.6 Å². The van der Waals surface area contributed by atoms with Crippen molar-refractivity contribution < 1.29 is 0 Å². The third-order valence-electron chi connectivity index (χ3n) is 6.98. The second-order valence-corrected chi connectivity index (χ2v) is 9.33. The van der Waals surface area contributed by atoms with Gasteiger partial charge in [-0.1, -0.05) is 17.7 Å². The first-order valence-electron chi connectivity index (χ1n) is 9.58. The first-order valence-corrected chi connectivity index (χ1v) is 9.99. The number of aryl methyl sites for hydroxylation is 2. The predicted octanol–water partition coefficient (Wildman–Crippen LogP) is 5.19. The largest absolute Gasteiger partial charge is 0.359 e. The third kappa shape index (κ3) is 2.96. The summed E-state index contributed by atoms with van der Waals surface area (Å²) in [5, 5.41) is 7.85. The molecule has 4 aliphatic carbocycles. The Labute approximate surface area is 151 Å². The van der Waals surface area contributed by atoms with Gasteiger partial charge >= 0.3 is 0 Å². The minimum Gasteiger partial charge on any atom is -0.359 e. The van der Waals surface area contributed by atoms with Crippen LogP contribution in [0.4, 0.5) is 5.69 Å². The fourth-order valence-corrected chi connectivity index (χ4v) is 6.46. The van der Waals surface area contributed by atoms with Gasteiger partial charge in [-0.3, -0.25) is 0 Å². The molecule has 1 aromatic rings. The van der Waals surface area contributed by atoms with Crippen LogP contribution in [0.5, 0.6) is 0 Å². The molecule has 5 rings (SSSR count). The Bertz CT molecular complexity index is 616. The maximum Gasteiger partial charge on any atom is 0.171 e. The lowest BCUT2D eigenvalue weighted by atomic mass is 9.48. The number of hydrogen-bond acceptors (Lipinski definition) is 1. The molecule has 1 atom stereocenters. The van der Waals surface area contributed by atoms with Crippen molar-refractivity contribution in [2.24, 2.45) is 23.2 Å². The maximum atomic E-state index is 5.64. The first-order chi connectivity index (χ1) is 11.4. The van der Waals surface area contributed by atoms with Crippen LogP contribution in [0.25, 0.3) is 0 Å². The van der Waals surface area contributed by atoms with E-state index in [1.165, 1.54) is 49.7 Å². The monoisotopic (exact) mass is 342 g/mol. The molecule has 130 valence electrons. The van der Waals surface area contributed by atoms with Crippen molar-refractivity contribution in [1.82, 2.24) is 5.32 Å². The van der Waals surface area contributed by atoms with E-state index in [2.05, 4.69) is 49.6 Å². The average molecular weight is 343 g/mol. The minimum absolute atomic E-state index is 0.469. The molecule has 2 N–H and O–H groups in total. The molecule has 0 amide bonds. The number of anilines is 1. The van der Waals surface area contributed by atoms with Gasteiger partial charge < -0.3 is 10.6 Å². The molecule has 4 bridgehead atoms. The number of benzene rings is 1. The van der Waals surface area contributed by atoms with Crippen molar-refractivity contribution in [3.63, 3.8) is 0 Å². The van der Waals surface area contributed by atoms with Crippen LogP contribution in [0.2, 0.25) is 0 Å². The summed E-state index contributed by atoms with van der Waals surface area (Å²) in [6.45, 7) is 6.63. The van der Waals surface area contributed by atoms with Crippen molar-refractivity contribution in [3.05, 3.63) is 29.3 Å². The average Bonchev–Trinajstić information content (AvgIpc) is 2.48. The van der Waals surface area contributed by atoms with Gasteiger partial charge in [0.05, 0.1) is 0 Å². The molecule has 1 unspecified atom stereocenters. The van der Waals surface area contributed by atoms with E-state index in [0.29, 0.717) is 11.5 Å². The lowest BCUT2D eigenvalue weighted by Gasteiger charge is -2.59. The summed E-state index contributed by atoms with van der Waals surface area (Å²) >= 11 is 5.64. The molecule has 0 radical (unpaired) electrons. The van der Waals surface area contributed by atoms with Gasteiger partial charge in [0.25, 0.3) is 0 Å². The predicted molar refractivity (Wildman–Crippen MR) is 105 cm³/mol. The summed E-state index contributed by atoms with van der Waals surface area (Å²) in [7, 11) is 0. The van der Waals surface area contributed by atoms with E-state index >= 15 is 0 Å². The summed E-state index contributed by atoms with van der Waals surface area (Å²) in [6, 6.07) is 6.94. The zero-order valence-corrected chi connectivity index (χ0v) is 16.0. The van der Waals surface area contributed by atoms with Crippen LogP contribution in [0, 0.1) is 37.0 Å². The number of rotatable bonds is 3. The van der Waals surface area contributed by atoms with Gasteiger partial charge in [0.15, 0.2) is 5.11 Å². The van der Waals surface area contributed by atoms with Crippen molar-refractivity contribution in [2.45, 2.75) is 65.3 Å². The first kappa shape index (κ1) is 16.4. The van der Waals surface area contributed by atoms with Crippen molar-refractivity contribution in [3.8, 4) is 0 Å². The molecule has 0 saturated heterocycles. The Morgan fingerprint density at radius 3 is 2.21 bits per heavy atom. The molecule has 0 spiro atoms. The molecule has 1 aromatic carbocycles. The van der Waals surface area contributed by atoms with E-state index in [4.69, 9.17) is 12.2 Å². The highest BCUT2D eigenvalue weighted by Crippen LogP contribution is 2.61. The Morgan fingerprint density at radius 2 is 1.67 bits per heavy atom. The highest BCUT2D eigenvalue weighted by Gasteiger charge is 2.53. The number of hydrogen-bond donors (Lipinski definition) is 2. The van der Waals surface area contributed by atoms with Crippen LogP contribution in [-0.2, 0) is 0 Å². The number of thiocarbonyl (C=S) groups is 1. The van der Waals surface area contributed by atoms with Gasteiger partial charge in [-0.15, -0.1) is 0 Å². The molecule has 0 aliphatic heterocycles. The molecule has 2 nitrogen and oxygen atoms in total. The van der Waals surface area contributed by atoms with Crippen molar-refractivity contribution in [1.29, 1.82) is 0 Å². The van der Waals surface area contributed by atoms with Gasteiger partial charge in [-0.05, 0) is 106 Å². The number of nitrogens with one attached hydrogen (secondary N) is 2. The van der Waals surface area contributed by atoms with E-state index in [1.54, 1.807) is 0 Å². The molecule has 0 aromatic heterocycles. The van der Waals surface area contributed by atoms with Crippen LogP contribution in [0.3, 0.4) is 0 Å². The minimum atomic E-state index is 0.469. The van der Waals surface area contributed by atoms with Crippen molar-refractivity contribution in [2.75, 3.05) is 5.32 Å². The van der Waals surface area contributed by atoms with E-state index in [-0.39, 0.29) is 0 Å². The normalized spacial score (nSPS) is 34.9. The van der Waals surface area contributed by atoms with Crippen molar-refractivity contribution >= 4 is 23.0 Å². The zero-order valence-electron chi connectivity index (χ0n) is 15.2. The lowest BCUT2D eigenvalue weighted by Crippen LogP contribution is -2.56. The molecule has 0 heterocycles. The molecule has 24 heavy (non-hydrogen) atoms. The second-order valence-electron chi connectivity index (χ2n) is 8.92. The standard InChI is InChI=1S/C21H30N2S/c1-13-4-5-19(14(2)6-13)23-20(24)22-15(3)21-10-16-7-17(11-21)9-18(8-16)12-21/h4-6,15-18H,7-12H2,1-3H3,(H2,22,23,24). The van der Waals surface area contributed by atoms with E-state index in [1.807, 2.05) is 0 Å². The molecular formula is C21H30N2S. The summed E-state index contributed by atoms with van der Waals surface area (Å²) in [6.07, 6.45) is 8.74. The lowest BCUT2D eigenvalue weighted by molar-refractivity contribution is -0.0671. The van der Waals surface area contributed by atoms with Gasteiger partial charge in [-0.2, -0.15) is 0 Å².